The molecule has 2 heterocycles. The Hall–Kier alpha value is -5.16. The molecule has 10 heteroatoms. The number of para-hydroxylation sites is 1. The van der Waals surface area contributed by atoms with Gasteiger partial charge in [-0.05, 0) is 68.7 Å². The number of fused-ring (bicyclic) bond motifs is 1. The summed E-state index contributed by atoms with van der Waals surface area (Å²) in [7, 11) is -2.60. The maximum Gasteiger partial charge on any atom is 0.319 e. The van der Waals surface area contributed by atoms with E-state index in [9.17, 15) is 9.90 Å². The fraction of sp³-hybridized carbons (Fsp3) is 0.318. The number of nitrogens with one attached hydrogen (secondary N) is 3. The molecule has 1 aliphatic rings. The minimum absolute atomic E-state index is 0.0723. The standard InChI is InChI=1S/C44H53N5O4Si/c1-42(2,3)34-28-40(44(7,51)52-31-34)48-41(50)45-29-32-17-14-15-22-38(32)47-35-23-24-39-33(27-35)30-46-49(39)25-16-26-53-54(43(4,5)6,36-18-10-8-11-19-36)37-20-12-9-13-21-37/h8-15,17-24,27-28,30-31,47,51H,16,25-26,29H2,1-7H3,(H2,45,48,50). The lowest BCUT2D eigenvalue weighted by molar-refractivity contribution is -0.127. The number of amides is 2. The first-order valence-corrected chi connectivity index (χ1v) is 20.5. The molecular formula is C44H53N5O4Si. The van der Waals surface area contributed by atoms with E-state index in [0.717, 1.165) is 46.4 Å². The lowest BCUT2D eigenvalue weighted by atomic mass is 9.85. The summed E-state index contributed by atoms with van der Waals surface area (Å²) >= 11 is 0. The van der Waals surface area contributed by atoms with E-state index >= 15 is 0 Å². The highest BCUT2D eigenvalue weighted by molar-refractivity contribution is 6.99. The van der Waals surface area contributed by atoms with Gasteiger partial charge in [-0.25, -0.2) is 4.79 Å². The Kier molecular flexibility index (Phi) is 11.2. The largest absolute Gasteiger partial charge is 0.464 e. The topological polar surface area (TPSA) is 110 Å². The number of hydrogen-bond donors (Lipinski definition) is 4. The first-order chi connectivity index (χ1) is 25.7. The summed E-state index contributed by atoms with van der Waals surface area (Å²) in [6.07, 6.45) is 6.04. The molecule has 6 rings (SSSR count). The predicted octanol–water partition coefficient (Wildman–Crippen LogP) is 8.10. The van der Waals surface area contributed by atoms with Gasteiger partial charge in [0, 0.05) is 43.4 Å². The number of carbonyl (C=O) groups excluding carboxylic acids is 1. The van der Waals surface area contributed by atoms with E-state index in [-0.39, 0.29) is 22.7 Å². The van der Waals surface area contributed by atoms with Crippen molar-refractivity contribution in [1.29, 1.82) is 0 Å². The van der Waals surface area contributed by atoms with E-state index in [1.165, 1.54) is 17.3 Å². The van der Waals surface area contributed by atoms with Crippen LogP contribution in [0.2, 0.25) is 5.04 Å². The molecule has 4 aromatic carbocycles. The van der Waals surface area contributed by atoms with Crippen LogP contribution in [-0.4, -0.2) is 41.6 Å². The van der Waals surface area contributed by atoms with Gasteiger partial charge in [0.15, 0.2) is 0 Å². The van der Waals surface area contributed by atoms with Gasteiger partial charge < -0.3 is 30.2 Å². The van der Waals surface area contributed by atoms with Crippen LogP contribution in [0.25, 0.3) is 10.9 Å². The van der Waals surface area contributed by atoms with Crippen LogP contribution >= 0.6 is 0 Å². The summed E-state index contributed by atoms with van der Waals surface area (Å²) in [5.41, 5.74) is 4.67. The summed E-state index contributed by atoms with van der Waals surface area (Å²) < 4.78 is 14.7. The highest BCUT2D eigenvalue weighted by Crippen LogP contribution is 2.37. The number of nitrogens with zero attached hydrogens (tertiary/aromatic N) is 2. The highest BCUT2D eigenvalue weighted by Gasteiger charge is 2.50. The molecule has 0 spiro atoms. The number of ether oxygens (including phenoxy) is 1. The zero-order valence-electron chi connectivity index (χ0n) is 32.4. The lowest BCUT2D eigenvalue weighted by Crippen LogP contribution is -2.66. The Morgan fingerprint density at radius 2 is 1.56 bits per heavy atom. The molecular weight excluding hydrogens is 691 g/mol. The summed E-state index contributed by atoms with van der Waals surface area (Å²) in [6, 6.07) is 35.1. The van der Waals surface area contributed by atoms with Crippen molar-refractivity contribution in [2.45, 2.75) is 78.8 Å². The van der Waals surface area contributed by atoms with Crippen molar-refractivity contribution in [3.8, 4) is 0 Å². The molecule has 9 nitrogen and oxygen atoms in total. The van der Waals surface area contributed by atoms with Crippen molar-refractivity contribution in [3.05, 3.63) is 138 Å². The SMILES string of the molecule is CC(C)(C)C1=COC(C)(O)C(NC(=O)NCc2ccccc2Nc2ccc3c(cnn3CCCO[Si](c3ccccc3)(c3ccccc3)C(C)(C)C)c2)=C1. The van der Waals surface area contributed by atoms with Gasteiger partial charge in [0.2, 0.25) is 5.79 Å². The Morgan fingerprint density at radius 3 is 2.20 bits per heavy atom. The van der Waals surface area contributed by atoms with Crippen LogP contribution in [0.3, 0.4) is 0 Å². The fourth-order valence-corrected chi connectivity index (χ4v) is 11.6. The van der Waals surface area contributed by atoms with Gasteiger partial charge >= 0.3 is 6.03 Å². The second kappa shape index (κ2) is 15.7. The third kappa shape index (κ3) is 8.46. The Balaban J connectivity index is 1.09. The van der Waals surface area contributed by atoms with Gasteiger partial charge in [-0.3, -0.25) is 4.68 Å². The Bertz CT molecular complexity index is 2090. The van der Waals surface area contributed by atoms with Crippen LogP contribution < -0.4 is 26.3 Å². The summed E-state index contributed by atoms with van der Waals surface area (Å²) in [4.78, 5) is 13.0. The number of allylic oxidation sites excluding steroid dienone is 2. The second-order valence-corrected chi connectivity index (χ2v) is 20.4. The van der Waals surface area contributed by atoms with Gasteiger partial charge in [0.1, 0.15) is 0 Å². The summed E-state index contributed by atoms with van der Waals surface area (Å²) in [5, 5.41) is 28.2. The zero-order chi connectivity index (χ0) is 38.6. The number of carbonyl (C=O) groups is 1. The normalized spacial score (nSPS) is 16.3. The molecule has 0 bridgehead atoms. The van der Waals surface area contributed by atoms with E-state index in [2.05, 4.69) is 114 Å². The molecule has 1 aromatic heterocycles. The van der Waals surface area contributed by atoms with E-state index in [4.69, 9.17) is 14.3 Å². The van der Waals surface area contributed by atoms with Crippen LogP contribution in [0.5, 0.6) is 0 Å². The molecule has 0 aliphatic carbocycles. The molecule has 5 aromatic rings. The van der Waals surface area contributed by atoms with E-state index in [0.29, 0.717) is 6.61 Å². The molecule has 1 atom stereocenters. The number of urea groups is 1. The van der Waals surface area contributed by atoms with Crippen LogP contribution in [0.4, 0.5) is 16.2 Å². The number of benzene rings is 4. The van der Waals surface area contributed by atoms with Crippen LogP contribution in [0.15, 0.2) is 133 Å². The number of aromatic nitrogens is 2. The highest BCUT2D eigenvalue weighted by atomic mass is 28.4. The Morgan fingerprint density at radius 1 is 0.907 bits per heavy atom. The van der Waals surface area contributed by atoms with Crippen molar-refractivity contribution in [2.75, 3.05) is 11.9 Å². The average molecular weight is 744 g/mol. The summed E-state index contributed by atoms with van der Waals surface area (Å²) in [5.74, 6) is -1.64. The molecule has 2 amide bonds. The first-order valence-electron chi connectivity index (χ1n) is 18.6. The van der Waals surface area contributed by atoms with Crippen molar-refractivity contribution in [1.82, 2.24) is 20.4 Å². The number of aryl methyl sites for hydroxylation is 1. The lowest BCUT2D eigenvalue weighted by Gasteiger charge is -2.43. The zero-order valence-corrected chi connectivity index (χ0v) is 33.4. The number of aliphatic hydroxyl groups is 1. The third-order valence-electron chi connectivity index (χ3n) is 9.96. The molecule has 282 valence electrons. The number of anilines is 2. The molecule has 0 radical (unpaired) electrons. The fourth-order valence-electron chi connectivity index (χ4n) is 6.95. The quantitative estimate of drug-likeness (QED) is 0.0760. The molecule has 0 fully saturated rings. The predicted molar refractivity (Wildman–Crippen MR) is 220 cm³/mol. The molecule has 1 unspecified atom stereocenters. The summed E-state index contributed by atoms with van der Waals surface area (Å²) in [6.45, 7) is 16.1. The minimum Gasteiger partial charge on any atom is -0.464 e. The van der Waals surface area contributed by atoms with Gasteiger partial charge in [0.05, 0.1) is 23.7 Å². The van der Waals surface area contributed by atoms with Gasteiger partial charge in [0.25, 0.3) is 8.32 Å². The third-order valence-corrected chi connectivity index (χ3v) is 15.0. The van der Waals surface area contributed by atoms with Crippen molar-refractivity contribution >= 4 is 47.0 Å². The Labute approximate surface area is 320 Å². The maximum atomic E-state index is 13.0. The van der Waals surface area contributed by atoms with Gasteiger partial charge in [-0.1, -0.05) is 120 Å². The number of rotatable bonds is 12. The molecule has 4 N–H and O–H groups in total. The monoisotopic (exact) mass is 743 g/mol. The first kappa shape index (κ1) is 38.6. The maximum absolute atomic E-state index is 13.0. The van der Waals surface area contributed by atoms with Crippen LogP contribution in [0, 0.1) is 5.41 Å². The number of hydrogen-bond acceptors (Lipinski definition) is 6. The van der Waals surface area contributed by atoms with Gasteiger partial charge in [-0.2, -0.15) is 5.10 Å². The molecule has 54 heavy (non-hydrogen) atoms. The molecule has 1 aliphatic heterocycles. The van der Waals surface area contributed by atoms with Crippen LogP contribution in [0.1, 0.15) is 60.5 Å². The molecule has 0 saturated heterocycles. The minimum atomic E-state index is -2.60. The second-order valence-electron chi connectivity index (χ2n) is 16.1. The smallest absolute Gasteiger partial charge is 0.319 e. The van der Waals surface area contributed by atoms with E-state index in [1.807, 2.05) is 57.3 Å². The van der Waals surface area contributed by atoms with Crippen LogP contribution in [-0.2, 0) is 22.3 Å². The molecule has 0 saturated carbocycles. The van der Waals surface area contributed by atoms with Crippen molar-refractivity contribution < 1.29 is 19.1 Å². The van der Waals surface area contributed by atoms with E-state index < -0.39 is 20.1 Å². The van der Waals surface area contributed by atoms with Crippen molar-refractivity contribution in [2.24, 2.45) is 5.41 Å². The van der Waals surface area contributed by atoms with Crippen molar-refractivity contribution in [3.63, 3.8) is 0 Å². The average Bonchev–Trinajstić information content (AvgIpc) is 3.54. The van der Waals surface area contributed by atoms with E-state index in [1.54, 1.807) is 12.3 Å². The van der Waals surface area contributed by atoms with Gasteiger partial charge in [-0.15, -0.1) is 0 Å².